The van der Waals surface area contributed by atoms with Crippen LogP contribution in [0.15, 0.2) is 24.3 Å². The molecule has 0 aliphatic carbocycles. The third-order valence-corrected chi connectivity index (χ3v) is 6.88. The average Bonchev–Trinajstić information content (AvgIpc) is 3.34. The summed E-state index contributed by atoms with van der Waals surface area (Å²) in [6.07, 6.45) is 1.27. The van der Waals surface area contributed by atoms with Crippen molar-refractivity contribution in [3.8, 4) is 0 Å². The van der Waals surface area contributed by atoms with Crippen LogP contribution in [-0.4, -0.2) is 89.4 Å². The minimum Gasteiger partial charge on any atom is -0.354 e. The van der Waals surface area contributed by atoms with E-state index in [0.29, 0.717) is 24.6 Å². The lowest BCUT2D eigenvalue weighted by atomic mass is 10.0. The van der Waals surface area contributed by atoms with Crippen LogP contribution in [0.2, 0.25) is 0 Å². The standard InChI is InChI=1S/C21H26FN5O4S/c22-14-4-1-3-13(9-14)20(30)26-7-8-27(21(31)16-11-32-12-24-16)17(10-26)19(29)25-15-5-2-6-23-18(15)28/h1,3-4,9,15-17,24H,2,5-8,10-12H2,(H,23,28)(H,25,29)/t15-,16-,17-/m0/s1. The minimum absolute atomic E-state index is 0.0267. The van der Waals surface area contributed by atoms with Crippen molar-refractivity contribution < 1.29 is 23.6 Å². The van der Waals surface area contributed by atoms with Gasteiger partial charge in [-0.2, -0.15) is 0 Å². The number of piperidine rings is 1. The lowest BCUT2D eigenvalue weighted by Crippen LogP contribution is -2.65. The quantitative estimate of drug-likeness (QED) is 0.557. The van der Waals surface area contributed by atoms with Crippen LogP contribution in [0.5, 0.6) is 0 Å². The molecule has 3 aliphatic rings. The van der Waals surface area contributed by atoms with Crippen molar-refractivity contribution in [2.45, 2.75) is 31.0 Å². The van der Waals surface area contributed by atoms with Gasteiger partial charge >= 0.3 is 0 Å². The van der Waals surface area contributed by atoms with Gasteiger partial charge < -0.3 is 20.4 Å². The first kappa shape index (κ1) is 22.5. The summed E-state index contributed by atoms with van der Waals surface area (Å²) >= 11 is 1.60. The maximum Gasteiger partial charge on any atom is 0.254 e. The summed E-state index contributed by atoms with van der Waals surface area (Å²) < 4.78 is 13.6. The molecule has 0 spiro atoms. The van der Waals surface area contributed by atoms with Gasteiger partial charge in [0, 0.05) is 36.8 Å². The molecule has 11 heteroatoms. The molecular formula is C21H26FN5O4S. The van der Waals surface area contributed by atoms with Gasteiger partial charge in [0.15, 0.2) is 0 Å². The Morgan fingerprint density at radius 3 is 2.78 bits per heavy atom. The normalized spacial score (nSPS) is 25.9. The van der Waals surface area contributed by atoms with E-state index in [9.17, 15) is 23.6 Å². The molecule has 3 saturated heterocycles. The van der Waals surface area contributed by atoms with Crippen molar-refractivity contribution in [1.82, 2.24) is 25.8 Å². The minimum atomic E-state index is -0.934. The van der Waals surface area contributed by atoms with Crippen molar-refractivity contribution in [2.24, 2.45) is 0 Å². The molecule has 3 N–H and O–H groups in total. The molecule has 172 valence electrons. The number of amides is 4. The van der Waals surface area contributed by atoms with Crippen molar-refractivity contribution in [3.63, 3.8) is 0 Å². The van der Waals surface area contributed by atoms with Gasteiger partial charge in [0.25, 0.3) is 5.91 Å². The number of rotatable bonds is 4. The maximum atomic E-state index is 13.6. The number of nitrogens with zero attached hydrogens (tertiary/aromatic N) is 2. The molecule has 3 heterocycles. The number of carbonyl (C=O) groups excluding carboxylic acids is 4. The van der Waals surface area contributed by atoms with Crippen LogP contribution in [0.25, 0.3) is 0 Å². The van der Waals surface area contributed by atoms with Gasteiger partial charge in [-0.15, -0.1) is 11.8 Å². The Bertz CT molecular complexity index is 910. The summed E-state index contributed by atoms with van der Waals surface area (Å²) in [7, 11) is 0. The Morgan fingerprint density at radius 1 is 1.22 bits per heavy atom. The highest BCUT2D eigenvalue weighted by molar-refractivity contribution is 7.99. The first-order valence-corrected chi connectivity index (χ1v) is 11.8. The first-order chi connectivity index (χ1) is 15.4. The highest BCUT2D eigenvalue weighted by Gasteiger charge is 2.41. The summed E-state index contributed by atoms with van der Waals surface area (Å²) in [5.74, 6) is -0.566. The molecule has 0 bridgehead atoms. The SMILES string of the molecule is O=C1NCCC[C@@H]1NC(=O)[C@@H]1CN(C(=O)c2cccc(F)c2)CCN1C(=O)[C@@H]1CSCN1. The van der Waals surface area contributed by atoms with Crippen molar-refractivity contribution in [3.05, 3.63) is 35.6 Å². The van der Waals surface area contributed by atoms with Crippen LogP contribution < -0.4 is 16.0 Å². The number of carbonyl (C=O) groups is 4. The number of hydrogen-bond donors (Lipinski definition) is 3. The molecule has 1 aromatic rings. The second kappa shape index (κ2) is 9.86. The summed E-state index contributed by atoms with van der Waals surface area (Å²) in [5.41, 5.74) is 0.185. The Hall–Kier alpha value is -2.66. The molecular weight excluding hydrogens is 437 g/mol. The van der Waals surface area contributed by atoms with Crippen molar-refractivity contribution in [1.29, 1.82) is 0 Å². The number of nitrogens with one attached hydrogen (secondary N) is 3. The highest BCUT2D eigenvalue weighted by Crippen LogP contribution is 2.19. The molecule has 3 fully saturated rings. The van der Waals surface area contributed by atoms with E-state index in [1.54, 1.807) is 11.8 Å². The van der Waals surface area contributed by atoms with Gasteiger partial charge in [0.2, 0.25) is 17.7 Å². The summed E-state index contributed by atoms with van der Waals surface area (Å²) in [4.78, 5) is 54.3. The second-order valence-electron chi connectivity index (χ2n) is 8.08. The third-order valence-electron chi connectivity index (χ3n) is 5.94. The highest BCUT2D eigenvalue weighted by atomic mass is 32.2. The van der Waals surface area contributed by atoms with Crippen LogP contribution in [0.1, 0.15) is 23.2 Å². The Balaban J connectivity index is 1.52. The fourth-order valence-corrected chi connectivity index (χ4v) is 5.12. The molecule has 0 radical (unpaired) electrons. The fourth-order valence-electron chi connectivity index (χ4n) is 4.19. The predicted octanol–water partition coefficient (Wildman–Crippen LogP) is -0.464. The van der Waals surface area contributed by atoms with E-state index >= 15 is 0 Å². The zero-order valence-electron chi connectivity index (χ0n) is 17.5. The fraction of sp³-hybridized carbons (Fsp3) is 0.524. The van der Waals surface area contributed by atoms with Crippen molar-refractivity contribution in [2.75, 3.05) is 37.8 Å². The molecule has 9 nitrogen and oxygen atoms in total. The summed E-state index contributed by atoms with van der Waals surface area (Å²) in [6.45, 7) is 0.952. The van der Waals surface area contributed by atoms with E-state index in [4.69, 9.17) is 0 Å². The van der Waals surface area contributed by atoms with Crippen LogP contribution in [0.4, 0.5) is 4.39 Å². The Morgan fingerprint density at radius 2 is 2.06 bits per heavy atom. The number of thioether (sulfide) groups is 1. The van der Waals surface area contributed by atoms with E-state index in [1.165, 1.54) is 28.0 Å². The van der Waals surface area contributed by atoms with Crippen LogP contribution in [-0.2, 0) is 14.4 Å². The van der Waals surface area contributed by atoms with Crippen LogP contribution >= 0.6 is 11.8 Å². The topological polar surface area (TPSA) is 111 Å². The molecule has 3 atom stereocenters. The van der Waals surface area contributed by atoms with E-state index < -0.39 is 35.8 Å². The lowest BCUT2D eigenvalue weighted by molar-refractivity contribution is -0.145. The van der Waals surface area contributed by atoms with E-state index in [0.717, 1.165) is 12.5 Å². The molecule has 0 saturated carbocycles. The Labute approximate surface area is 189 Å². The number of halogens is 1. The van der Waals surface area contributed by atoms with Crippen LogP contribution in [0, 0.1) is 5.82 Å². The van der Waals surface area contributed by atoms with Gasteiger partial charge in [0.05, 0.1) is 12.6 Å². The predicted molar refractivity (Wildman–Crippen MR) is 116 cm³/mol. The zero-order chi connectivity index (χ0) is 22.7. The largest absolute Gasteiger partial charge is 0.354 e. The van der Waals surface area contributed by atoms with Crippen molar-refractivity contribution >= 4 is 35.4 Å². The molecule has 4 amide bonds. The van der Waals surface area contributed by atoms with Gasteiger partial charge in [-0.25, -0.2) is 4.39 Å². The molecule has 0 aromatic heterocycles. The zero-order valence-corrected chi connectivity index (χ0v) is 18.3. The molecule has 32 heavy (non-hydrogen) atoms. The first-order valence-electron chi connectivity index (χ1n) is 10.7. The van der Waals surface area contributed by atoms with E-state index in [2.05, 4.69) is 16.0 Å². The van der Waals surface area contributed by atoms with Gasteiger partial charge in [0.1, 0.15) is 17.9 Å². The second-order valence-corrected chi connectivity index (χ2v) is 9.11. The van der Waals surface area contributed by atoms with E-state index in [1.807, 2.05) is 0 Å². The lowest BCUT2D eigenvalue weighted by Gasteiger charge is -2.42. The molecule has 0 unspecified atom stereocenters. The molecule has 3 aliphatic heterocycles. The van der Waals surface area contributed by atoms with E-state index in [-0.39, 0.29) is 37.0 Å². The number of hydrogen-bond acceptors (Lipinski definition) is 6. The number of benzene rings is 1. The van der Waals surface area contributed by atoms with Crippen LogP contribution in [0.3, 0.4) is 0 Å². The third kappa shape index (κ3) is 4.88. The summed E-state index contributed by atoms with van der Waals surface area (Å²) in [6, 6.07) is 3.39. The van der Waals surface area contributed by atoms with Gasteiger partial charge in [-0.05, 0) is 31.0 Å². The maximum absolute atomic E-state index is 13.6. The smallest absolute Gasteiger partial charge is 0.254 e. The monoisotopic (exact) mass is 463 g/mol. The Kier molecular flexibility index (Phi) is 6.95. The van der Waals surface area contributed by atoms with Gasteiger partial charge in [-0.1, -0.05) is 6.07 Å². The average molecular weight is 464 g/mol. The summed E-state index contributed by atoms with van der Waals surface area (Å²) in [5, 5.41) is 8.60. The number of piperazine rings is 1. The molecule has 4 rings (SSSR count). The van der Waals surface area contributed by atoms with Gasteiger partial charge in [-0.3, -0.25) is 24.5 Å². The molecule has 1 aromatic carbocycles.